The molecule has 1 aromatic carbocycles. The summed E-state index contributed by atoms with van der Waals surface area (Å²) in [7, 11) is 0. The fraction of sp³-hybridized carbons (Fsp3) is 0.350. The summed E-state index contributed by atoms with van der Waals surface area (Å²) in [5.41, 5.74) is 9.57. The Labute approximate surface area is 163 Å². The standard InChI is InChI=1S/C20H25N3O3S/c1-12-6-5-7-16(10-12)26-9-8-22-17(24)11-27-20-18(19(21)25)14(3)13(2)15(4)23-20/h5-7,10H,8-9,11H2,1-4H3,(H2,21,25)(H,22,24). The van der Waals surface area contributed by atoms with E-state index in [0.717, 1.165) is 28.1 Å². The first-order valence-electron chi connectivity index (χ1n) is 8.66. The molecular formula is C20H25N3O3S. The Morgan fingerprint density at radius 2 is 1.93 bits per heavy atom. The molecule has 0 aliphatic rings. The van der Waals surface area contributed by atoms with Crippen molar-refractivity contribution in [3.8, 4) is 5.75 Å². The van der Waals surface area contributed by atoms with Gasteiger partial charge in [-0.3, -0.25) is 9.59 Å². The Kier molecular flexibility index (Phi) is 7.24. The summed E-state index contributed by atoms with van der Waals surface area (Å²) in [6.45, 7) is 8.40. The lowest BCUT2D eigenvalue weighted by Crippen LogP contribution is -2.29. The third kappa shape index (κ3) is 5.72. The Morgan fingerprint density at radius 3 is 2.59 bits per heavy atom. The smallest absolute Gasteiger partial charge is 0.251 e. The van der Waals surface area contributed by atoms with Crippen LogP contribution in [0.4, 0.5) is 0 Å². The highest BCUT2D eigenvalue weighted by Crippen LogP contribution is 2.26. The van der Waals surface area contributed by atoms with Crippen LogP contribution in [0.2, 0.25) is 0 Å². The second-order valence-corrected chi connectivity index (χ2v) is 7.26. The first kappa shape index (κ1) is 20.8. The number of benzene rings is 1. The van der Waals surface area contributed by atoms with Crippen molar-refractivity contribution in [2.45, 2.75) is 32.7 Å². The molecule has 0 unspecified atom stereocenters. The lowest BCUT2D eigenvalue weighted by Gasteiger charge is -2.13. The minimum atomic E-state index is -0.530. The van der Waals surface area contributed by atoms with Crippen LogP contribution < -0.4 is 15.8 Å². The molecule has 144 valence electrons. The summed E-state index contributed by atoms with van der Waals surface area (Å²) in [4.78, 5) is 28.3. The van der Waals surface area contributed by atoms with Crippen molar-refractivity contribution in [2.75, 3.05) is 18.9 Å². The summed E-state index contributed by atoms with van der Waals surface area (Å²) < 4.78 is 5.60. The van der Waals surface area contributed by atoms with Crippen molar-refractivity contribution in [3.63, 3.8) is 0 Å². The number of ether oxygens (including phenoxy) is 1. The second-order valence-electron chi connectivity index (χ2n) is 6.30. The number of hydrogen-bond donors (Lipinski definition) is 2. The highest BCUT2D eigenvalue weighted by atomic mass is 32.2. The van der Waals surface area contributed by atoms with Crippen LogP contribution in [0.25, 0.3) is 0 Å². The maximum atomic E-state index is 12.1. The molecule has 0 fully saturated rings. The van der Waals surface area contributed by atoms with Gasteiger partial charge in [0.2, 0.25) is 5.91 Å². The third-order valence-corrected chi connectivity index (χ3v) is 5.21. The van der Waals surface area contributed by atoms with E-state index in [9.17, 15) is 9.59 Å². The molecule has 0 aliphatic heterocycles. The summed E-state index contributed by atoms with van der Waals surface area (Å²) >= 11 is 1.21. The number of aromatic nitrogens is 1. The Bertz CT molecular complexity index is 853. The van der Waals surface area contributed by atoms with Gasteiger partial charge in [0.25, 0.3) is 5.91 Å². The lowest BCUT2D eigenvalue weighted by atomic mass is 10.0. The van der Waals surface area contributed by atoms with Gasteiger partial charge in [-0.15, -0.1) is 0 Å². The molecule has 2 aromatic rings. The number of hydrogen-bond acceptors (Lipinski definition) is 5. The van der Waals surface area contributed by atoms with Crippen LogP contribution in [0.15, 0.2) is 29.3 Å². The zero-order valence-electron chi connectivity index (χ0n) is 16.1. The molecule has 7 heteroatoms. The highest BCUT2D eigenvalue weighted by Gasteiger charge is 2.18. The Hall–Kier alpha value is -2.54. The van der Waals surface area contributed by atoms with Crippen LogP contribution in [0.5, 0.6) is 5.75 Å². The topological polar surface area (TPSA) is 94.3 Å². The molecule has 27 heavy (non-hydrogen) atoms. The van der Waals surface area contributed by atoms with Crippen molar-refractivity contribution in [2.24, 2.45) is 5.73 Å². The number of aryl methyl sites for hydroxylation is 2. The third-order valence-electron chi connectivity index (χ3n) is 4.23. The number of rotatable bonds is 8. The van der Waals surface area contributed by atoms with Crippen LogP contribution >= 0.6 is 11.8 Å². The maximum Gasteiger partial charge on any atom is 0.251 e. The molecule has 3 N–H and O–H groups in total. The average Bonchev–Trinajstić information content (AvgIpc) is 2.61. The summed E-state index contributed by atoms with van der Waals surface area (Å²) in [6.07, 6.45) is 0. The van der Waals surface area contributed by atoms with Gasteiger partial charge in [0.15, 0.2) is 0 Å². The fourth-order valence-corrected chi connectivity index (χ4v) is 3.52. The quantitative estimate of drug-likeness (QED) is 0.536. The molecule has 6 nitrogen and oxygen atoms in total. The van der Waals surface area contributed by atoms with E-state index in [-0.39, 0.29) is 11.7 Å². The number of thioether (sulfide) groups is 1. The number of amides is 2. The normalized spacial score (nSPS) is 10.5. The zero-order valence-corrected chi connectivity index (χ0v) is 16.9. The van der Waals surface area contributed by atoms with Gasteiger partial charge in [0.05, 0.1) is 17.9 Å². The summed E-state index contributed by atoms with van der Waals surface area (Å²) in [5.74, 6) is 0.248. The van der Waals surface area contributed by atoms with Crippen molar-refractivity contribution in [1.29, 1.82) is 0 Å². The molecule has 0 saturated carbocycles. The number of nitrogens with zero attached hydrogens (tertiary/aromatic N) is 1. The molecule has 0 saturated heterocycles. The number of carbonyl (C=O) groups excluding carboxylic acids is 2. The number of pyridine rings is 1. The number of nitrogens with two attached hydrogens (primary N) is 1. The van der Waals surface area contributed by atoms with Crippen LogP contribution in [-0.2, 0) is 4.79 Å². The number of primary amides is 1. The van der Waals surface area contributed by atoms with E-state index in [1.807, 2.05) is 52.0 Å². The molecule has 2 rings (SSSR count). The summed E-state index contributed by atoms with van der Waals surface area (Å²) in [6, 6.07) is 7.74. The highest BCUT2D eigenvalue weighted by molar-refractivity contribution is 8.00. The predicted octanol–water partition coefficient (Wildman–Crippen LogP) is 2.70. The number of carbonyl (C=O) groups is 2. The van der Waals surface area contributed by atoms with Crippen LogP contribution in [0.3, 0.4) is 0 Å². The largest absolute Gasteiger partial charge is 0.492 e. The second kappa shape index (κ2) is 9.41. The number of nitrogens with one attached hydrogen (secondary N) is 1. The van der Waals surface area contributed by atoms with Gasteiger partial charge in [0, 0.05) is 5.69 Å². The molecule has 0 radical (unpaired) electrons. The summed E-state index contributed by atoms with van der Waals surface area (Å²) in [5, 5.41) is 3.29. The van der Waals surface area contributed by atoms with E-state index in [1.54, 1.807) is 0 Å². The molecule has 0 bridgehead atoms. The van der Waals surface area contributed by atoms with Gasteiger partial charge < -0.3 is 15.8 Å². The zero-order chi connectivity index (χ0) is 20.0. The van der Waals surface area contributed by atoms with Crippen molar-refractivity contribution in [3.05, 3.63) is 52.2 Å². The van der Waals surface area contributed by atoms with Gasteiger partial charge in [-0.25, -0.2) is 4.98 Å². The first-order valence-corrected chi connectivity index (χ1v) is 9.64. The minimum absolute atomic E-state index is 0.152. The van der Waals surface area contributed by atoms with Crippen molar-refractivity contribution in [1.82, 2.24) is 10.3 Å². The van der Waals surface area contributed by atoms with Gasteiger partial charge in [-0.2, -0.15) is 0 Å². The minimum Gasteiger partial charge on any atom is -0.492 e. The van der Waals surface area contributed by atoms with E-state index >= 15 is 0 Å². The predicted molar refractivity (Wildman–Crippen MR) is 107 cm³/mol. The van der Waals surface area contributed by atoms with Crippen LogP contribution in [0.1, 0.15) is 32.7 Å². The van der Waals surface area contributed by atoms with E-state index in [0.29, 0.717) is 23.7 Å². The van der Waals surface area contributed by atoms with E-state index in [1.165, 1.54) is 11.8 Å². The fourth-order valence-electron chi connectivity index (χ4n) is 2.56. The lowest BCUT2D eigenvalue weighted by molar-refractivity contribution is -0.118. The van der Waals surface area contributed by atoms with Crippen LogP contribution in [-0.4, -0.2) is 35.7 Å². The van der Waals surface area contributed by atoms with Crippen molar-refractivity contribution >= 4 is 23.6 Å². The molecule has 1 heterocycles. The molecule has 2 amide bonds. The van der Waals surface area contributed by atoms with E-state index in [2.05, 4.69) is 10.3 Å². The first-order chi connectivity index (χ1) is 12.8. The van der Waals surface area contributed by atoms with Gasteiger partial charge in [0.1, 0.15) is 17.4 Å². The van der Waals surface area contributed by atoms with E-state index in [4.69, 9.17) is 10.5 Å². The molecule has 0 aliphatic carbocycles. The molecule has 1 aromatic heterocycles. The van der Waals surface area contributed by atoms with Gasteiger partial charge >= 0.3 is 0 Å². The Morgan fingerprint density at radius 1 is 1.19 bits per heavy atom. The molecule has 0 atom stereocenters. The molecule has 0 spiro atoms. The van der Waals surface area contributed by atoms with Gasteiger partial charge in [-0.05, 0) is 56.5 Å². The van der Waals surface area contributed by atoms with Gasteiger partial charge in [-0.1, -0.05) is 23.9 Å². The maximum absolute atomic E-state index is 12.1. The average molecular weight is 388 g/mol. The Balaban J connectivity index is 1.86. The SMILES string of the molecule is Cc1cccc(OCCNC(=O)CSc2nc(C)c(C)c(C)c2C(N)=O)c1. The molecular weight excluding hydrogens is 362 g/mol. The van der Waals surface area contributed by atoms with Crippen molar-refractivity contribution < 1.29 is 14.3 Å². The monoisotopic (exact) mass is 387 g/mol. The van der Waals surface area contributed by atoms with E-state index < -0.39 is 5.91 Å². The van der Waals surface area contributed by atoms with Crippen LogP contribution in [0, 0.1) is 27.7 Å².